The predicted molar refractivity (Wildman–Crippen MR) is 292 cm³/mol. The summed E-state index contributed by atoms with van der Waals surface area (Å²) < 4.78 is 0. The van der Waals surface area contributed by atoms with E-state index in [0.717, 1.165) is 0 Å². The van der Waals surface area contributed by atoms with Crippen molar-refractivity contribution in [2.24, 2.45) is 50.5 Å². The largest absolute Gasteiger partial charge is 0.481 e. The van der Waals surface area contributed by atoms with Gasteiger partial charge in [0.1, 0.15) is 42.5 Å². The molecular formula is C47H78N16O12S2. The molecule has 0 heterocycles. The number of benzene rings is 1. The molecule has 1 rings (SSSR count). The molecule has 1 aromatic carbocycles. The molecule has 430 valence electrons. The second kappa shape index (κ2) is 36.7. The number of hydrogen-bond acceptors (Lipinski definition) is 16. The number of carbonyl (C=O) groups is 11. The summed E-state index contributed by atoms with van der Waals surface area (Å²) in [6, 6.07) is -1.73. The monoisotopic (exact) mass is 1120 g/mol. The quantitative estimate of drug-likeness (QED) is 0.00974. The van der Waals surface area contributed by atoms with E-state index in [1.165, 1.54) is 0 Å². The molecule has 10 atom stereocenters. The van der Waals surface area contributed by atoms with Gasteiger partial charge in [-0.1, -0.05) is 70.9 Å². The Morgan fingerprint density at radius 2 is 1.05 bits per heavy atom. The van der Waals surface area contributed by atoms with Crippen LogP contribution in [0.2, 0.25) is 0 Å². The number of carboxylic acid groups (broad SMARTS) is 1. The highest BCUT2D eigenvalue weighted by molar-refractivity contribution is 7.80. The van der Waals surface area contributed by atoms with Crippen molar-refractivity contribution < 1.29 is 57.8 Å². The zero-order valence-electron chi connectivity index (χ0n) is 43.8. The number of nitrogens with zero attached hydrogens (tertiary/aromatic N) is 2. The van der Waals surface area contributed by atoms with Gasteiger partial charge in [-0.25, -0.2) is 0 Å². The molecule has 1 aromatic rings. The van der Waals surface area contributed by atoms with Gasteiger partial charge in [-0.2, -0.15) is 25.3 Å². The summed E-state index contributed by atoms with van der Waals surface area (Å²) in [5.74, 6) is -10.9. The number of nitrogens with two attached hydrogens (primary N) is 5. The van der Waals surface area contributed by atoms with E-state index in [4.69, 9.17) is 28.7 Å². The number of carbonyl (C=O) groups excluding carboxylic acids is 10. The summed E-state index contributed by atoms with van der Waals surface area (Å²) in [5, 5.41) is 32.2. The van der Waals surface area contributed by atoms with Crippen molar-refractivity contribution in [2.45, 2.75) is 127 Å². The summed E-state index contributed by atoms with van der Waals surface area (Å²) in [6.07, 6.45) is 0.159. The van der Waals surface area contributed by atoms with Gasteiger partial charge in [-0.3, -0.25) is 57.9 Å². The Balaban J connectivity index is 3.34. The highest BCUT2D eigenvalue weighted by atomic mass is 32.1. The molecule has 0 saturated heterocycles. The van der Waals surface area contributed by atoms with Crippen molar-refractivity contribution in [3.8, 4) is 0 Å². The first-order valence-corrected chi connectivity index (χ1v) is 26.1. The molecule has 0 aromatic heterocycles. The van der Waals surface area contributed by atoms with Gasteiger partial charge in [-0.15, -0.1) is 0 Å². The van der Waals surface area contributed by atoms with Crippen LogP contribution in [0.25, 0.3) is 0 Å². The first kappa shape index (κ1) is 67.8. The van der Waals surface area contributed by atoms with Crippen molar-refractivity contribution in [1.82, 2.24) is 47.9 Å². The Labute approximate surface area is 458 Å². The van der Waals surface area contributed by atoms with Gasteiger partial charge in [0.25, 0.3) is 0 Å². The number of carboxylic acids is 1. The lowest BCUT2D eigenvalue weighted by molar-refractivity contribution is -0.142. The average Bonchev–Trinajstić information content (AvgIpc) is 3.39. The average molecular weight is 1120 g/mol. The summed E-state index contributed by atoms with van der Waals surface area (Å²) in [6.45, 7) is 5.41. The Kier molecular flexibility index (Phi) is 32.3. The fourth-order valence-corrected chi connectivity index (χ4v) is 7.31. The van der Waals surface area contributed by atoms with E-state index in [-0.39, 0.29) is 75.0 Å². The van der Waals surface area contributed by atoms with Gasteiger partial charge in [0.15, 0.2) is 11.9 Å². The van der Waals surface area contributed by atoms with Crippen molar-refractivity contribution >= 4 is 103 Å². The number of aldehydes is 1. The van der Waals surface area contributed by atoms with Crippen LogP contribution in [0.15, 0.2) is 40.3 Å². The molecule has 0 aliphatic heterocycles. The molecule has 0 radical (unpaired) electrons. The van der Waals surface area contributed by atoms with Gasteiger partial charge in [0, 0.05) is 31.0 Å². The third kappa shape index (κ3) is 26.9. The lowest BCUT2D eigenvalue weighted by Crippen LogP contribution is -2.61. The molecule has 30 heteroatoms. The number of aliphatic carboxylic acids is 1. The fraction of sp³-hybridized carbons (Fsp3) is 0.596. The Morgan fingerprint density at radius 1 is 0.584 bits per heavy atom. The molecule has 0 saturated carbocycles. The lowest BCUT2D eigenvalue weighted by atomic mass is 9.96. The first-order valence-electron chi connectivity index (χ1n) is 24.9. The molecule has 77 heavy (non-hydrogen) atoms. The van der Waals surface area contributed by atoms with Crippen molar-refractivity contribution in [2.75, 3.05) is 37.7 Å². The minimum Gasteiger partial charge on any atom is -0.481 e. The normalized spacial score (nSPS) is 14.7. The molecule has 0 fully saturated rings. The number of guanidine groups is 2. The minimum absolute atomic E-state index is 0.00314. The van der Waals surface area contributed by atoms with Crippen LogP contribution in [0, 0.1) is 11.8 Å². The first-order chi connectivity index (χ1) is 36.4. The van der Waals surface area contributed by atoms with Crippen LogP contribution in [0.1, 0.15) is 78.2 Å². The lowest BCUT2D eigenvalue weighted by Gasteiger charge is -2.29. The third-order valence-electron chi connectivity index (χ3n) is 11.8. The van der Waals surface area contributed by atoms with E-state index < -0.39 is 139 Å². The zero-order chi connectivity index (χ0) is 58.2. The highest BCUT2D eigenvalue weighted by Gasteiger charge is 2.36. The minimum atomic E-state index is -1.85. The van der Waals surface area contributed by atoms with Gasteiger partial charge >= 0.3 is 5.97 Å². The van der Waals surface area contributed by atoms with Crippen LogP contribution in [-0.4, -0.2) is 168 Å². The van der Waals surface area contributed by atoms with E-state index >= 15 is 0 Å². The van der Waals surface area contributed by atoms with Crippen molar-refractivity contribution in [3.63, 3.8) is 0 Å². The molecule has 20 N–H and O–H groups in total. The van der Waals surface area contributed by atoms with Crippen LogP contribution in [0.4, 0.5) is 0 Å². The maximum atomic E-state index is 14.1. The van der Waals surface area contributed by atoms with Crippen molar-refractivity contribution in [3.05, 3.63) is 35.9 Å². The van der Waals surface area contributed by atoms with E-state index in [9.17, 15) is 57.8 Å². The van der Waals surface area contributed by atoms with Gasteiger partial charge < -0.3 is 86.4 Å². The van der Waals surface area contributed by atoms with Crippen LogP contribution in [0.5, 0.6) is 0 Å². The SMILES string of the molecule is CC[C@H](C)[C@H](NC(=O)[C@H](CCCN=C(N)N)NC(=O)[C@H](CC(=O)O)NC(=O)[C@@H](NC(=O)[C@H](CCCN=C(N)N)NC(=O)CNC(=O)CNC(=O)[C@H](Cc1ccccc1)NC(=O)[C@@H](N)CS)[C@@H](C)CC)C(=O)N[C@H](C=O)CS. The maximum Gasteiger partial charge on any atom is 0.305 e. The number of hydrogen-bond donors (Lipinski definition) is 17. The second-order valence-electron chi connectivity index (χ2n) is 17.9. The number of amides is 9. The molecule has 0 aliphatic carbocycles. The summed E-state index contributed by atoms with van der Waals surface area (Å²) >= 11 is 8.08. The highest BCUT2D eigenvalue weighted by Crippen LogP contribution is 2.13. The number of thiol groups is 2. The molecular weight excluding hydrogens is 1040 g/mol. The predicted octanol–water partition coefficient (Wildman–Crippen LogP) is -5.09. The number of nitrogens with one attached hydrogen (secondary N) is 9. The van der Waals surface area contributed by atoms with E-state index in [1.807, 2.05) is 0 Å². The Morgan fingerprint density at radius 3 is 1.52 bits per heavy atom. The van der Waals surface area contributed by atoms with Crippen LogP contribution < -0.4 is 76.5 Å². The standard InChI is InChI=1S/C47H78N16O12S2/c1-5-25(3)37(44(74)57-28(22-64)23-76)62-42(72)31(15-11-17-54-47(51)52)59-43(73)33(19-36(67)68)61-45(75)38(26(4)6-2)63-41(71)30(14-10-16-53-46(49)50)58-35(66)21-55-34(65)20-56-40(70)32(60-39(69)29(48)24-77)18-27-12-8-7-9-13-27/h7-9,12-13,22,25-26,28-33,37-38,76-77H,5-6,10-11,14-21,23-24,48H2,1-4H3,(H,55,65)(H,56,70)(H,57,74)(H,58,66)(H,59,73)(H,60,69)(H,61,75)(H,62,72)(H,63,71)(H,67,68)(H4,49,50,53)(H4,51,52,54)/t25-,26-,28+,29-,30-,31-,32-,33-,37-,38-/m0/s1. The molecule has 0 aliphatic rings. The molecule has 0 bridgehead atoms. The van der Waals surface area contributed by atoms with Crippen LogP contribution >= 0.6 is 25.3 Å². The Hall–Kier alpha value is -7.21. The summed E-state index contributed by atoms with van der Waals surface area (Å²) in [4.78, 5) is 152. The van der Waals surface area contributed by atoms with Crippen LogP contribution in [-0.2, 0) is 59.2 Å². The Bertz CT molecular complexity index is 2200. The molecule has 28 nitrogen and oxygen atoms in total. The van der Waals surface area contributed by atoms with Crippen molar-refractivity contribution in [1.29, 1.82) is 0 Å². The third-order valence-corrected chi connectivity index (χ3v) is 12.6. The maximum absolute atomic E-state index is 14.1. The van der Waals surface area contributed by atoms with Gasteiger partial charge in [0.2, 0.25) is 53.2 Å². The van der Waals surface area contributed by atoms with E-state index in [0.29, 0.717) is 18.3 Å². The number of rotatable bonds is 37. The topological polar surface area (TPSA) is 471 Å². The smallest absolute Gasteiger partial charge is 0.305 e. The molecule has 0 unspecified atom stereocenters. The fourth-order valence-electron chi connectivity index (χ4n) is 6.97. The van der Waals surface area contributed by atoms with E-state index in [2.05, 4.69) is 83.1 Å². The summed E-state index contributed by atoms with van der Waals surface area (Å²) in [7, 11) is 0. The number of aliphatic imine (C=N–C) groups is 2. The molecule has 9 amide bonds. The molecule has 0 spiro atoms. The van der Waals surface area contributed by atoms with Gasteiger partial charge in [-0.05, 0) is 43.1 Å². The summed E-state index contributed by atoms with van der Waals surface area (Å²) in [5.41, 5.74) is 28.3. The van der Waals surface area contributed by atoms with Gasteiger partial charge in [0.05, 0.1) is 31.6 Å². The zero-order valence-corrected chi connectivity index (χ0v) is 45.5. The van der Waals surface area contributed by atoms with Crippen LogP contribution in [0.3, 0.4) is 0 Å². The second-order valence-corrected chi connectivity index (χ2v) is 18.7. The van der Waals surface area contributed by atoms with E-state index in [1.54, 1.807) is 58.0 Å².